The molecule has 1 saturated carbocycles. The van der Waals surface area contributed by atoms with E-state index in [-0.39, 0.29) is 36.3 Å². The smallest absolute Gasteiger partial charge is 0.255 e. The third kappa shape index (κ3) is 5.18. The molecule has 9 nitrogen and oxygen atoms in total. The second-order valence-corrected chi connectivity index (χ2v) is 13.4. The second kappa shape index (κ2) is 11.2. The molecule has 2 atom stereocenters. The first-order valence-electron chi connectivity index (χ1n) is 15.1. The highest BCUT2D eigenvalue weighted by molar-refractivity contribution is 7.13. The van der Waals surface area contributed by atoms with Gasteiger partial charge in [0.05, 0.1) is 35.8 Å². The van der Waals surface area contributed by atoms with E-state index >= 15 is 4.39 Å². The Morgan fingerprint density at radius 1 is 1.09 bits per heavy atom. The van der Waals surface area contributed by atoms with Gasteiger partial charge >= 0.3 is 0 Å². The maximum atomic E-state index is 15.7. The van der Waals surface area contributed by atoms with Crippen LogP contribution in [0.1, 0.15) is 46.2 Å². The number of rotatable bonds is 7. The average molecular weight is 650 g/mol. The van der Waals surface area contributed by atoms with Gasteiger partial charge in [0.15, 0.2) is 11.2 Å². The topological polar surface area (TPSA) is 86.6 Å². The summed E-state index contributed by atoms with van der Waals surface area (Å²) in [5, 5.41) is 5.39. The number of piperazine rings is 1. The normalized spacial score (nSPS) is 20.4. The summed E-state index contributed by atoms with van der Waals surface area (Å²) in [6, 6.07) is 8.28. The fourth-order valence-electron chi connectivity index (χ4n) is 6.86. The lowest BCUT2D eigenvalue weighted by molar-refractivity contribution is -0.121. The minimum atomic E-state index is -1.20. The number of imidazole rings is 1. The van der Waals surface area contributed by atoms with Gasteiger partial charge in [-0.25, -0.2) is 18.7 Å². The number of aromatic nitrogens is 3. The predicted molar refractivity (Wildman–Crippen MR) is 168 cm³/mol. The van der Waals surface area contributed by atoms with Crippen molar-refractivity contribution in [3.63, 3.8) is 0 Å². The maximum absolute atomic E-state index is 15.7. The number of carbonyl (C=O) groups excluding carboxylic acids is 2. The Morgan fingerprint density at radius 2 is 1.91 bits per heavy atom. The fourth-order valence-corrected chi connectivity index (χ4v) is 7.69. The number of benzene rings is 2. The summed E-state index contributed by atoms with van der Waals surface area (Å²) in [5.74, 6) is -1.60. The van der Waals surface area contributed by atoms with Crippen LogP contribution >= 0.6 is 22.9 Å². The van der Waals surface area contributed by atoms with Gasteiger partial charge in [0.2, 0.25) is 0 Å². The first-order valence-corrected chi connectivity index (χ1v) is 16.4. The van der Waals surface area contributed by atoms with Crippen LogP contribution < -0.4 is 10.2 Å². The lowest BCUT2D eigenvalue weighted by atomic mass is 9.99. The Bertz CT molecular complexity index is 1800. The summed E-state index contributed by atoms with van der Waals surface area (Å²) in [5.41, 5.74) is 3.35. The summed E-state index contributed by atoms with van der Waals surface area (Å²) < 4.78 is 31.7. The molecular formula is C32H30ClF2N7O2S. The van der Waals surface area contributed by atoms with Gasteiger partial charge in [0.25, 0.3) is 11.8 Å². The van der Waals surface area contributed by atoms with Gasteiger partial charge in [0.1, 0.15) is 12.0 Å². The summed E-state index contributed by atoms with van der Waals surface area (Å²) in [7, 11) is 0. The molecule has 13 heteroatoms. The number of anilines is 2. The summed E-state index contributed by atoms with van der Waals surface area (Å²) >= 11 is 8.00. The second-order valence-electron chi connectivity index (χ2n) is 12.1. The molecule has 2 aromatic carbocycles. The minimum Gasteiger partial charge on any atom is -0.368 e. The van der Waals surface area contributed by atoms with Crippen LogP contribution in [0.5, 0.6) is 0 Å². The molecule has 1 N–H and O–H groups in total. The molecule has 1 aliphatic carbocycles. The minimum absolute atomic E-state index is 0.0802. The van der Waals surface area contributed by atoms with Crippen LogP contribution in [0.2, 0.25) is 5.02 Å². The van der Waals surface area contributed by atoms with E-state index in [1.807, 2.05) is 18.2 Å². The summed E-state index contributed by atoms with van der Waals surface area (Å²) in [4.78, 5) is 42.4. The van der Waals surface area contributed by atoms with E-state index in [2.05, 4.69) is 25.1 Å². The molecule has 5 heterocycles. The standard InChI is InChI=1S/C32H30ClF2N7O2S/c33-24-12-18(1-4-26(24)40-8-6-39(7-9-40)21-2-3-21)19-11-22-23(25(35)13-19)16-42(31(22)44)29(30(43)38-32-36-5-10-45-32)28-27-14-20(34)15-41(27)17-37-28/h1,4-5,10-13,17,20-21,29H,2-3,6-9,14-16H2,(H,36,38,43). The third-order valence-corrected chi connectivity index (χ3v) is 10.3. The quantitative estimate of drug-likeness (QED) is 0.292. The monoisotopic (exact) mass is 649 g/mol. The molecule has 2 aromatic heterocycles. The van der Waals surface area contributed by atoms with Gasteiger partial charge in [-0.3, -0.25) is 19.8 Å². The van der Waals surface area contributed by atoms with E-state index in [0.717, 1.165) is 37.9 Å². The number of alkyl halides is 1. The lowest BCUT2D eigenvalue weighted by Crippen LogP contribution is -2.47. The first kappa shape index (κ1) is 28.6. The van der Waals surface area contributed by atoms with Gasteiger partial charge in [-0.05, 0) is 48.2 Å². The van der Waals surface area contributed by atoms with Crippen molar-refractivity contribution in [1.29, 1.82) is 0 Å². The molecule has 2 fully saturated rings. The average Bonchev–Trinajstić information content (AvgIpc) is 3.26. The van der Waals surface area contributed by atoms with Crippen molar-refractivity contribution in [3.8, 4) is 11.1 Å². The molecule has 0 radical (unpaired) electrons. The SMILES string of the molecule is O=C(Nc1nccs1)C(c1ncn2c1CC(F)C2)N1Cc2c(F)cc(-c3ccc(N4CCN(C5CC5)CC4)c(Cl)c3)cc2C1=O. The van der Waals surface area contributed by atoms with E-state index in [1.54, 1.807) is 22.2 Å². The molecular weight excluding hydrogens is 620 g/mol. The number of amides is 2. The van der Waals surface area contributed by atoms with Crippen LogP contribution in [0.25, 0.3) is 11.1 Å². The number of hydrogen-bond acceptors (Lipinski definition) is 7. The van der Waals surface area contributed by atoms with E-state index < -0.39 is 29.8 Å². The predicted octanol–water partition coefficient (Wildman–Crippen LogP) is 5.31. The van der Waals surface area contributed by atoms with Gasteiger partial charge in [-0.2, -0.15) is 0 Å². The molecule has 3 aliphatic heterocycles. The van der Waals surface area contributed by atoms with Crippen LogP contribution in [0.15, 0.2) is 48.2 Å². The number of nitrogens with one attached hydrogen (secondary N) is 1. The molecule has 0 bridgehead atoms. The number of thiazole rings is 1. The largest absolute Gasteiger partial charge is 0.368 e. The van der Waals surface area contributed by atoms with E-state index in [1.165, 1.54) is 41.5 Å². The van der Waals surface area contributed by atoms with Crippen LogP contribution in [-0.4, -0.2) is 74.5 Å². The van der Waals surface area contributed by atoms with Crippen molar-refractivity contribution in [1.82, 2.24) is 24.3 Å². The molecule has 2 amide bonds. The van der Waals surface area contributed by atoms with Crippen molar-refractivity contribution >= 4 is 45.6 Å². The Hall–Kier alpha value is -3.87. The van der Waals surface area contributed by atoms with Gasteiger partial charge in [0, 0.05) is 67.0 Å². The van der Waals surface area contributed by atoms with E-state index in [9.17, 15) is 14.0 Å². The summed E-state index contributed by atoms with van der Waals surface area (Å²) in [6.07, 6.45) is 4.59. The summed E-state index contributed by atoms with van der Waals surface area (Å²) in [6.45, 7) is 3.82. The number of nitrogens with zero attached hydrogens (tertiary/aromatic N) is 6. The first-order chi connectivity index (χ1) is 21.8. The Balaban J connectivity index is 1.08. The van der Waals surface area contributed by atoms with Crippen LogP contribution in [0.3, 0.4) is 0 Å². The van der Waals surface area contributed by atoms with Crippen LogP contribution in [0, 0.1) is 5.82 Å². The number of fused-ring (bicyclic) bond motifs is 2. The lowest BCUT2D eigenvalue weighted by Gasteiger charge is -2.36. The van der Waals surface area contributed by atoms with Crippen LogP contribution in [-0.2, 0) is 24.3 Å². The van der Waals surface area contributed by atoms with Gasteiger partial charge in [-0.15, -0.1) is 11.3 Å². The number of hydrogen-bond donors (Lipinski definition) is 1. The Kier molecular flexibility index (Phi) is 7.10. The maximum Gasteiger partial charge on any atom is 0.255 e. The molecule has 4 aromatic rings. The number of halogens is 3. The molecule has 232 valence electrons. The van der Waals surface area contributed by atoms with Crippen molar-refractivity contribution in [2.75, 3.05) is 36.4 Å². The molecule has 2 unspecified atom stereocenters. The highest BCUT2D eigenvalue weighted by Gasteiger charge is 2.43. The Labute approximate surface area is 267 Å². The van der Waals surface area contributed by atoms with Gasteiger partial charge in [-0.1, -0.05) is 17.7 Å². The molecule has 1 saturated heterocycles. The Morgan fingerprint density at radius 3 is 2.64 bits per heavy atom. The fraction of sp³-hybridized carbons (Fsp3) is 0.375. The zero-order valence-corrected chi connectivity index (χ0v) is 25.8. The molecule has 4 aliphatic rings. The van der Waals surface area contributed by atoms with Gasteiger partial charge < -0.3 is 14.4 Å². The highest BCUT2D eigenvalue weighted by atomic mass is 35.5. The zero-order valence-electron chi connectivity index (χ0n) is 24.3. The van der Waals surface area contributed by atoms with Crippen LogP contribution in [0.4, 0.5) is 19.6 Å². The van der Waals surface area contributed by atoms with Crippen molar-refractivity contribution < 1.29 is 18.4 Å². The van der Waals surface area contributed by atoms with E-state index in [0.29, 0.717) is 27.0 Å². The van der Waals surface area contributed by atoms with Crippen molar-refractivity contribution in [2.24, 2.45) is 0 Å². The highest BCUT2D eigenvalue weighted by Crippen LogP contribution is 2.39. The third-order valence-electron chi connectivity index (χ3n) is 9.28. The van der Waals surface area contributed by atoms with Crippen molar-refractivity contribution in [2.45, 2.75) is 50.6 Å². The number of carbonyl (C=O) groups is 2. The molecule has 45 heavy (non-hydrogen) atoms. The zero-order chi connectivity index (χ0) is 30.8. The molecule has 0 spiro atoms. The molecule has 8 rings (SSSR count). The van der Waals surface area contributed by atoms with E-state index in [4.69, 9.17) is 11.6 Å². The van der Waals surface area contributed by atoms with Crippen molar-refractivity contribution in [3.05, 3.63) is 81.6 Å².